The molecule has 0 aromatic heterocycles. The number of anilines is 1. The molecule has 0 saturated heterocycles. The Hall–Kier alpha value is -5.69. The van der Waals surface area contributed by atoms with Gasteiger partial charge in [-0.15, -0.1) is 0 Å². The maximum atomic E-state index is 14.0. The van der Waals surface area contributed by atoms with Gasteiger partial charge in [0, 0.05) is 41.1 Å². The number of nitrogens with zero attached hydrogens (tertiary/aromatic N) is 1. The van der Waals surface area contributed by atoms with E-state index in [0.29, 0.717) is 30.5 Å². The van der Waals surface area contributed by atoms with Crippen LogP contribution in [-0.2, 0) is 27.4 Å². The molecule has 0 aliphatic heterocycles. The first-order chi connectivity index (χ1) is 25.6. The van der Waals surface area contributed by atoms with Gasteiger partial charge in [0.2, 0.25) is 11.8 Å². The van der Waals surface area contributed by atoms with Gasteiger partial charge in [-0.25, -0.2) is 4.79 Å². The van der Waals surface area contributed by atoms with Crippen molar-refractivity contribution in [3.05, 3.63) is 142 Å². The van der Waals surface area contributed by atoms with E-state index in [-0.39, 0.29) is 48.2 Å². The molecule has 12 nitrogen and oxygen atoms in total. The average molecular weight is 740 g/mol. The standard InChI is InChI=1S/C40H45N5O7S/c1-28(2)35(26-34(25-29-13-6-3-7-14-29)53-44-37(46)31-17-10-5-11-18-31)38(47)43-36(39(48)42-32-20-22-33(23-21-32)45(50)51)19-12-24-41-40(49)52-27-30-15-8-4-9-16-30/h3-11,13-18,20-23,28,34-36H,12,19,24-27H2,1-2H3,(H,41,49)(H,42,48)(H,43,47)(H,44,46)/t34?,35?,36-/m0/s1. The number of carbonyl (C=O) groups excluding carboxylic acids is 4. The molecule has 278 valence electrons. The second-order valence-corrected chi connectivity index (χ2v) is 13.9. The zero-order chi connectivity index (χ0) is 38.0. The summed E-state index contributed by atoms with van der Waals surface area (Å²) in [5.41, 5.74) is 2.63. The third-order valence-electron chi connectivity index (χ3n) is 8.45. The molecule has 0 spiro atoms. The number of carbonyl (C=O) groups is 4. The summed E-state index contributed by atoms with van der Waals surface area (Å²) in [6.07, 6.45) is 0.912. The number of alkyl carbamates (subject to hydrolysis) is 1. The summed E-state index contributed by atoms with van der Waals surface area (Å²) in [4.78, 5) is 63.4. The number of hydrogen-bond donors (Lipinski definition) is 4. The molecule has 4 aromatic carbocycles. The van der Waals surface area contributed by atoms with Gasteiger partial charge < -0.3 is 20.7 Å². The summed E-state index contributed by atoms with van der Waals surface area (Å²) >= 11 is 1.28. The van der Waals surface area contributed by atoms with Crippen molar-refractivity contribution >= 4 is 47.1 Å². The van der Waals surface area contributed by atoms with E-state index < -0.39 is 28.9 Å². The molecule has 0 radical (unpaired) electrons. The highest BCUT2D eigenvalue weighted by Crippen LogP contribution is 2.27. The van der Waals surface area contributed by atoms with Crippen LogP contribution in [0.15, 0.2) is 115 Å². The molecule has 0 fully saturated rings. The number of nitro groups is 1. The summed E-state index contributed by atoms with van der Waals surface area (Å²) in [5, 5.41) is 19.3. The first-order valence-corrected chi connectivity index (χ1v) is 18.3. The van der Waals surface area contributed by atoms with E-state index in [4.69, 9.17) is 4.74 Å². The van der Waals surface area contributed by atoms with E-state index in [1.165, 1.54) is 36.2 Å². The first kappa shape index (κ1) is 40.1. The molecule has 13 heteroatoms. The highest BCUT2D eigenvalue weighted by Gasteiger charge is 2.30. The Morgan fingerprint density at radius 3 is 2.00 bits per heavy atom. The lowest BCUT2D eigenvalue weighted by atomic mass is 9.88. The number of ether oxygens (including phenoxy) is 1. The Morgan fingerprint density at radius 2 is 1.40 bits per heavy atom. The van der Waals surface area contributed by atoms with Gasteiger partial charge in [0.1, 0.15) is 12.6 Å². The van der Waals surface area contributed by atoms with Crippen molar-refractivity contribution in [1.82, 2.24) is 15.4 Å². The molecule has 2 unspecified atom stereocenters. The monoisotopic (exact) mass is 739 g/mol. The molecular weight excluding hydrogens is 695 g/mol. The minimum atomic E-state index is -0.987. The zero-order valence-corrected chi connectivity index (χ0v) is 30.6. The Balaban J connectivity index is 1.44. The van der Waals surface area contributed by atoms with E-state index >= 15 is 0 Å². The predicted molar refractivity (Wildman–Crippen MR) is 206 cm³/mol. The molecule has 3 atom stereocenters. The lowest BCUT2D eigenvalue weighted by molar-refractivity contribution is -0.384. The number of hydrogen-bond acceptors (Lipinski definition) is 8. The topological polar surface area (TPSA) is 169 Å². The Morgan fingerprint density at radius 1 is 0.792 bits per heavy atom. The fourth-order valence-electron chi connectivity index (χ4n) is 5.51. The lowest BCUT2D eigenvalue weighted by Crippen LogP contribution is -2.47. The van der Waals surface area contributed by atoms with Gasteiger partial charge in [-0.05, 0) is 78.9 Å². The van der Waals surface area contributed by atoms with Crippen LogP contribution in [0.5, 0.6) is 0 Å². The predicted octanol–water partition coefficient (Wildman–Crippen LogP) is 7.08. The fraction of sp³-hybridized carbons (Fsp3) is 0.300. The number of nitro benzene ring substituents is 1. The summed E-state index contributed by atoms with van der Waals surface area (Å²) in [7, 11) is 0. The number of benzene rings is 4. The van der Waals surface area contributed by atoms with E-state index in [2.05, 4.69) is 20.7 Å². The summed E-state index contributed by atoms with van der Waals surface area (Å²) < 4.78 is 8.23. The van der Waals surface area contributed by atoms with Gasteiger partial charge in [-0.3, -0.25) is 29.2 Å². The van der Waals surface area contributed by atoms with E-state index in [1.54, 1.807) is 24.3 Å². The molecule has 4 aromatic rings. The first-order valence-electron chi connectivity index (χ1n) is 17.4. The lowest BCUT2D eigenvalue weighted by Gasteiger charge is -2.28. The molecule has 0 heterocycles. The normalized spacial score (nSPS) is 12.5. The third kappa shape index (κ3) is 13.8. The molecule has 0 saturated carbocycles. The number of amides is 4. The minimum Gasteiger partial charge on any atom is -0.445 e. The SMILES string of the molecule is CC(C)C(CC(Cc1ccccc1)SNC(=O)c1ccccc1)C(=O)N[C@@H](CCCNC(=O)OCc1ccccc1)C(=O)Nc1ccc([N+](=O)[O-])cc1. The molecule has 4 N–H and O–H groups in total. The van der Waals surface area contributed by atoms with E-state index in [0.717, 1.165) is 11.1 Å². The van der Waals surface area contributed by atoms with Crippen molar-refractivity contribution in [2.24, 2.45) is 11.8 Å². The van der Waals surface area contributed by atoms with Crippen LogP contribution < -0.4 is 20.7 Å². The highest BCUT2D eigenvalue weighted by atomic mass is 32.2. The highest BCUT2D eigenvalue weighted by molar-refractivity contribution is 7.98. The molecule has 4 rings (SSSR count). The maximum Gasteiger partial charge on any atom is 0.407 e. The third-order valence-corrected chi connectivity index (χ3v) is 9.44. The van der Waals surface area contributed by atoms with Crippen molar-refractivity contribution < 1.29 is 28.8 Å². The van der Waals surface area contributed by atoms with Crippen molar-refractivity contribution in [2.45, 2.75) is 57.4 Å². The molecule has 0 aliphatic rings. The molecule has 0 bridgehead atoms. The van der Waals surface area contributed by atoms with E-state index in [9.17, 15) is 29.3 Å². The molecule has 4 amide bonds. The smallest absolute Gasteiger partial charge is 0.407 e. The largest absolute Gasteiger partial charge is 0.445 e. The van der Waals surface area contributed by atoms with Gasteiger partial charge in [-0.1, -0.05) is 92.7 Å². The second-order valence-electron chi connectivity index (χ2n) is 12.8. The van der Waals surface area contributed by atoms with Crippen LogP contribution in [-0.4, -0.2) is 46.6 Å². The Labute approximate surface area is 313 Å². The fourth-order valence-corrected chi connectivity index (χ4v) is 6.49. The van der Waals surface area contributed by atoms with Crippen molar-refractivity contribution in [1.29, 1.82) is 0 Å². The average Bonchev–Trinajstić information content (AvgIpc) is 3.17. The van der Waals surface area contributed by atoms with E-state index in [1.807, 2.05) is 80.6 Å². The van der Waals surface area contributed by atoms with Crippen LogP contribution in [0, 0.1) is 22.0 Å². The van der Waals surface area contributed by atoms with Gasteiger partial charge in [0.25, 0.3) is 11.6 Å². The number of non-ortho nitro benzene ring substituents is 1. The Bertz CT molecular complexity index is 1780. The van der Waals surface area contributed by atoms with Crippen LogP contribution in [0.2, 0.25) is 0 Å². The number of nitrogens with one attached hydrogen (secondary N) is 4. The van der Waals surface area contributed by atoms with Gasteiger partial charge >= 0.3 is 6.09 Å². The second kappa shape index (κ2) is 21.0. The van der Waals surface area contributed by atoms with Crippen molar-refractivity contribution in [2.75, 3.05) is 11.9 Å². The van der Waals surface area contributed by atoms with Crippen LogP contribution in [0.4, 0.5) is 16.2 Å². The summed E-state index contributed by atoms with van der Waals surface area (Å²) in [6.45, 7) is 4.18. The van der Waals surface area contributed by atoms with Crippen LogP contribution in [0.25, 0.3) is 0 Å². The zero-order valence-electron chi connectivity index (χ0n) is 29.7. The number of rotatable bonds is 19. The summed E-state index contributed by atoms with van der Waals surface area (Å²) in [6, 6.07) is 32.4. The van der Waals surface area contributed by atoms with Crippen LogP contribution in [0.3, 0.4) is 0 Å². The van der Waals surface area contributed by atoms with Crippen LogP contribution in [0.1, 0.15) is 54.6 Å². The molecule has 0 aliphatic carbocycles. The minimum absolute atomic E-state index is 0.110. The van der Waals surface area contributed by atoms with Gasteiger partial charge in [0.15, 0.2) is 0 Å². The molecular formula is C40H45N5O7S. The van der Waals surface area contributed by atoms with Gasteiger partial charge in [0.05, 0.1) is 4.92 Å². The summed E-state index contributed by atoms with van der Waals surface area (Å²) in [5.74, 6) is -1.71. The molecule has 53 heavy (non-hydrogen) atoms. The van der Waals surface area contributed by atoms with Gasteiger partial charge in [-0.2, -0.15) is 0 Å². The quantitative estimate of drug-likeness (QED) is 0.0343. The Kier molecular flexibility index (Phi) is 15.9. The van der Waals surface area contributed by atoms with Crippen molar-refractivity contribution in [3.8, 4) is 0 Å². The maximum absolute atomic E-state index is 14.0. The van der Waals surface area contributed by atoms with Crippen molar-refractivity contribution in [3.63, 3.8) is 0 Å². The van der Waals surface area contributed by atoms with Crippen LogP contribution >= 0.6 is 11.9 Å².